The number of hydrogen-bond donors (Lipinski definition) is 2. The zero-order chi connectivity index (χ0) is 15.6. The molecule has 1 aliphatic rings. The quantitative estimate of drug-likeness (QED) is 0.837. The summed E-state index contributed by atoms with van der Waals surface area (Å²) in [6.07, 6.45) is 4.42. The number of allylic oxidation sites excluding steroid dienone is 1. The van der Waals surface area contributed by atoms with Gasteiger partial charge in [0.2, 0.25) is 10.0 Å². The van der Waals surface area contributed by atoms with E-state index >= 15 is 0 Å². The Labute approximate surface area is 124 Å². The Morgan fingerprint density at radius 2 is 2.05 bits per heavy atom. The van der Waals surface area contributed by atoms with Gasteiger partial charge in [0.05, 0.1) is 10.5 Å². The van der Waals surface area contributed by atoms with Crippen LogP contribution in [0.3, 0.4) is 0 Å². The summed E-state index contributed by atoms with van der Waals surface area (Å²) in [6.45, 7) is 3.63. The van der Waals surface area contributed by atoms with Gasteiger partial charge in [0.15, 0.2) is 0 Å². The van der Waals surface area contributed by atoms with Gasteiger partial charge in [-0.2, -0.15) is 0 Å². The summed E-state index contributed by atoms with van der Waals surface area (Å²) in [5.74, 6) is -1.06. The number of carbonyl (C=O) groups is 1. The van der Waals surface area contributed by atoms with Gasteiger partial charge in [0.25, 0.3) is 0 Å². The topological polar surface area (TPSA) is 83.5 Å². The van der Waals surface area contributed by atoms with Crippen LogP contribution >= 0.6 is 0 Å². The van der Waals surface area contributed by atoms with Crippen molar-refractivity contribution in [3.05, 3.63) is 41.0 Å². The summed E-state index contributed by atoms with van der Waals surface area (Å²) in [5, 5.41) is 8.97. The van der Waals surface area contributed by atoms with E-state index in [0.717, 1.165) is 12.8 Å². The SMILES string of the molecule is CC1=CCC(NS(=O)(=O)c2ccc(C(=O)O)c(C)c2)CC1. The molecule has 1 aliphatic carbocycles. The highest BCUT2D eigenvalue weighted by atomic mass is 32.2. The molecule has 0 fully saturated rings. The van der Waals surface area contributed by atoms with Crippen molar-refractivity contribution in [1.82, 2.24) is 4.72 Å². The molecule has 1 atom stereocenters. The maximum atomic E-state index is 12.3. The van der Waals surface area contributed by atoms with Crippen LogP contribution in [0.2, 0.25) is 0 Å². The van der Waals surface area contributed by atoms with Gasteiger partial charge in [-0.15, -0.1) is 0 Å². The number of aryl methyl sites for hydroxylation is 1. The highest BCUT2D eigenvalue weighted by Gasteiger charge is 2.22. The second-order valence-corrected chi connectivity index (χ2v) is 7.14. The summed E-state index contributed by atoms with van der Waals surface area (Å²) >= 11 is 0. The van der Waals surface area contributed by atoms with E-state index in [1.54, 1.807) is 6.92 Å². The number of nitrogens with one attached hydrogen (secondary N) is 1. The molecule has 0 saturated carbocycles. The van der Waals surface area contributed by atoms with Crippen molar-refractivity contribution >= 4 is 16.0 Å². The van der Waals surface area contributed by atoms with Crippen molar-refractivity contribution < 1.29 is 18.3 Å². The lowest BCUT2D eigenvalue weighted by atomic mass is 9.97. The minimum atomic E-state index is -3.61. The number of aromatic carboxylic acids is 1. The first kappa shape index (κ1) is 15.7. The lowest BCUT2D eigenvalue weighted by Gasteiger charge is -2.21. The number of sulfonamides is 1. The molecule has 6 heteroatoms. The highest BCUT2D eigenvalue weighted by Crippen LogP contribution is 2.21. The van der Waals surface area contributed by atoms with E-state index in [1.807, 2.05) is 6.92 Å². The first-order chi connectivity index (χ1) is 9.79. The van der Waals surface area contributed by atoms with E-state index in [9.17, 15) is 13.2 Å². The number of hydrogen-bond acceptors (Lipinski definition) is 3. The summed E-state index contributed by atoms with van der Waals surface area (Å²) in [6, 6.07) is 3.97. The minimum absolute atomic E-state index is 0.0989. The molecule has 0 spiro atoms. The van der Waals surface area contributed by atoms with E-state index in [-0.39, 0.29) is 16.5 Å². The predicted molar refractivity (Wildman–Crippen MR) is 79.9 cm³/mol. The van der Waals surface area contributed by atoms with Crippen LogP contribution in [0.4, 0.5) is 0 Å². The fourth-order valence-corrected chi connectivity index (χ4v) is 3.77. The second kappa shape index (κ2) is 5.99. The van der Waals surface area contributed by atoms with Crippen LogP contribution in [-0.2, 0) is 10.0 Å². The van der Waals surface area contributed by atoms with Gasteiger partial charge in [-0.3, -0.25) is 0 Å². The monoisotopic (exact) mass is 309 g/mol. The van der Waals surface area contributed by atoms with Gasteiger partial charge in [0, 0.05) is 6.04 Å². The molecule has 5 nitrogen and oxygen atoms in total. The van der Waals surface area contributed by atoms with Crippen LogP contribution in [0.5, 0.6) is 0 Å². The van der Waals surface area contributed by atoms with Gasteiger partial charge in [-0.1, -0.05) is 11.6 Å². The van der Waals surface area contributed by atoms with Crippen molar-refractivity contribution in [3.63, 3.8) is 0 Å². The normalized spacial score (nSPS) is 19.1. The molecular formula is C15H19NO4S. The Morgan fingerprint density at radius 3 is 2.57 bits per heavy atom. The fraction of sp³-hybridized carbons (Fsp3) is 0.400. The van der Waals surface area contributed by atoms with Crippen LogP contribution in [0.25, 0.3) is 0 Å². The highest BCUT2D eigenvalue weighted by molar-refractivity contribution is 7.89. The molecule has 1 aromatic carbocycles. The smallest absolute Gasteiger partial charge is 0.335 e. The predicted octanol–water partition coefficient (Wildman–Crippen LogP) is 2.47. The molecule has 0 radical (unpaired) electrons. The third-order valence-corrected chi connectivity index (χ3v) is 5.22. The van der Waals surface area contributed by atoms with Crippen molar-refractivity contribution in [2.75, 3.05) is 0 Å². The Bertz CT molecular complexity index is 692. The second-order valence-electron chi connectivity index (χ2n) is 5.42. The standard InChI is InChI=1S/C15H19NO4S/c1-10-3-5-12(6-4-10)16-21(19,20)13-7-8-14(15(17)18)11(2)9-13/h3,7-9,12,16H,4-6H2,1-2H3,(H,17,18). The zero-order valence-corrected chi connectivity index (χ0v) is 12.9. The Kier molecular flexibility index (Phi) is 4.49. The molecule has 0 heterocycles. The van der Waals surface area contributed by atoms with Crippen molar-refractivity contribution in [3.8, 4) is 0 Å². The van der Waals surface area contributed by atoms with Gasteiger partial charge in [-0.05, 0) is 56.9 Å². The fourth-order valence-electron chi connectivity index (χ4n) is 2.40. The van der Waals surface area contributed by atoms with Gasteiger partial charge < -0.3 is 5.11 Å². The molecule has 1 aromatic rings. The number of rotatable bonds is 4. The van der Waals surface area contributed by atoms with Gasteiger partial charge >= 0.3 is 5.97 Å². The Hall–Kier alpha value is -1.66. The lowest BCUT2D eigenvalue weighted by molar-refractivity contribution is 0.0696. The number of carboxylic acids is 1. The van der Waals surface area contributed by atoms with Gasteiger partial charge in [0.1, 0.15) is 0 Å². The van der Waals surface area contributed by atoms with Crippen molar-refractivity contribution in [1.29, 1.82) is 0 Å². The molecule has 0 aliphatic heterocycles. The molecule has 0 amide bonds. The third kappa shape index (κ3) is 3.71. The summed E-state index contributed by atoms with van der Waals surface area (Å²) in [4.78, 5) is 11.1. The summed E-state index contributed by atoms with van der Waals surface area (Å²) in [7, 11) is -3.61. The van der Waals surface area contributed by atoms with Crippen LogP contribution in [-0.4, -0.2) is 25.5 Å². The molecular weight excluding hydrogens is 290 g/mol. The molecule has 1 unspecified atom stereocenters. The van der Waals surface area contributed by atoms with E-state index in [1.165, 1.54) is 23.8 Å². The maximum Gasteiger partial charge on any atom is 0.335 e. The van der Waals surface area contributed by atoms with Crippen molar-refractivity contribution in [2.45, 2.75) is 44.0 Å². The largest absolute Gasteiger partial charge is 0.478 e. The van der Waals surface area contributed by atoms with E-state index in [2.05, 4.69) is 10.8 Å². The number of benzene rings is 1. The number of carboxylic acid groups (broad SMARTS) is 1. The molecule has 0 saturated heterocycles. The average molecular weight is 309 g/mol. The van der Waals surface area contributed by atoms with Crippen LogP contribution in [0.15, 0.2) is 34.7 Å². The van der Waals surface area contributed by atoms with Crippen LogP contribution in [0, 0.1) is 6.92 Å². The first-order valence-corrected chi connectivity index (χ1v) is 8.30. The van der Waals surface area contributed by atoms with E-state index < -0.39 is 16.0 Å². The molecule has 2 N–H and O–H groups in total. The summed E-state index contributed by atoms with van der Waals surface area (Å²) < 4.78 is 27.4. The Morgan fingerprint density at radius 1 is 1.33 bits per heavy atom. The minimum Gasteiger partial charge on any atom is -0.478 e. The zero-order valence-electron chi connectivity index (χ0n) is 12.1. The third-order valence-electron chi connectivity index (χ3n) is 3.70. The van der Waals surface area contributed by atoms with Crippen LogP contribution in [0.1, 0.15) is 42.1 Å². The molecule has 2 rings (SSSR count). The van der Waals surface area contributed by atoms with Crippen molar-refractivity contribution in [2.24, 2.45) is 0 Å². The van der Waals surface area contributed by atoms with E-state index in [4.69, 9.17) is 5.11 Å². The molecule has 114 valence electrons. The Balaban J connectivity index is 2.20. The van der Waals surface area contributed by atoms with Crippen LogP contribution < -0.4 is 4.72 Å². The molecule has 0 aromatic heterocycles. The molecule has 0 bridgehead atoms. The average Bonchev–Trinajstić information content (AvgIpc) is 2.40. The van der Waals surface area contributed by atoms with Gasteiger partial charge in [-0.25, -0.2) is 17.9 Å². The summed E-state index contributed by atoms with van der Waals surface area (Å²) in [5.41, 5.74) is 1.84. The lowest BCUT2D eigenvalue weighted by Crippen LogP contribution is -2.35. The van der Waals surface area contributed by atoms with E-state index in [0.29, 0.717) is 12.0 Å². The molecule has 21 heavy (non-hydrogen) atoms. The first-order valence-electron chi connectivity index (χ1n) is 6.81. The maximum absolute atomic E-state index is 12.3.